The van der Waals surface area contributed by atoms with Crippen molar-refractivity contribution < 1.29 is 14.3 Å². The van der Waals surface area contributed by atoms with Gasteiger partial charge in [-0.1, -0.05) is 13.8 Å². The predicted molar refractivity (Wildman–Crippen MR) is 61.3 cm³/mol. The maximum atomic E-state index is 13.7. The Kier molecular flexibility index (Phi) is 3.98. The smallest absolute Gasteiger partial charge is 0.329 e. The molecule has 0 aromatic carbocycles. The second kappa shape index (κ2) is 5.07. The van der Waals surface area contributed by atoms with Gasteiger partial charge in [-0.05, 0) is 19.8 Å². The van der Waals surface area contributed by atoms with Gasteiger partial charge in [0.25, 0.3) is 0 Å². The normalized spacial score (nSPS) is 11.3. The molecule has 17 heavy (non-hydrogen) atoms. The molecule has 0 saturated carbocycles. The summed E-state index contributed by atoms with van der Waals surface area (Å²) < 4.78 is 13.7. The van der Waals surface area contributed by atoms with Crippen LogP contribution in [-0.2, 0) is 4.79 Å². The number of carboxylic acids is 1. The van der Waals surface area contributed by atoms with Crippen LogP contribution < -0.4 is 5.32 Å². The number of nitrogens with zero attached hydrogens (tertiary/aromatic N) is 2. The monoisotopic (exact) mass is 241 g/mol. The van der Waals surface area contributed by atoms with Crippen molar-refractivity contribution in [1.82, 2.24) is 9.97 Å². The molecular weight excluding hydrogens is 225 g/mol. The van der Waals surface area contributed by atoms with Crippen LogP contribution in [0.25, 0.3) is 0 Å². The Morgan fingerprint density at radius 3 is 2.53 bits per heavy atom. The molecule has 0 amide bonds. The van der Waals surface area contributed by atoms with E-state index in [0.717, 1.165) is 0 Å². The third kappa shape index (κ3) is 2.51. The number of aromatic nitrogens is 2. The first-order chi connectivity index (χ1) is 7.96. The van der Waals surface area contributed by atoms with Crippen LogP contribution in [0.5, 0.6) is 0 Å². The summed E-state index contributed by atoms with van der Waals surface area (Å²) in [6.45, 7) is 4.97. The lowest BCUT2D eigenvalue weighted by atomic mass is 9.93. The number of carbonyl (C=O) groups is 1. The summed E-state index contributed by atoms with van der Waals surface area (Å²) in [5.41, 5.74) is -1.00. The van der Waals surface area contributed by atoms with E-state index in [-0.39, 0.29) is 11.5 Å². The van der Waals surface area contributed by atoms with E-state index in [1.165, 1.54) is 13.3 Å². The molecule has 0 atom stereocenters. The highest BCUT2D eigenvalue weighted by atomic mass is 19.1. The van der Waals surface area contributed by atoms with Crippen LogP contribution in [0, 0.1) is 12.7 Å². The largest absolute Gasteiger partial charge is 0.480 e. The van der Waals surface area contributed by atoms with Crippen molar-refractivity contribution >= 4 is 11.8 Å². The van der Waals surface area contributed by atoms with Gasteiger partial charge < -0.3 is 10.4 Å². The fourth-order valence-electron chi connectivity index (χ4n) is 1.55. The molecule has 94 valence electrons. The molecule has 5 nitrogen and oxygen atoms in total. The first-order valence-electron chi connectivity index (χ1n) is 5.45. The first-order valence-corrected chi connectivity index (χ1v) is 5.45. The third-order valence-corrected chi connectivity index (χ3v) is 2.94. The summed E-state index contributed by atoms with van der Waals surface area (Å²) in [7, 11) is 0. The molecule has 0 spiro atoms. The van der Waals surface area contributed by atoms with Gasteiger partial charge in [-0.15, -0.1) is 0 Å². The minimum absolute atomic E-state index is 0.0661. The summed E-state index contributed by atoms with van der Waals surface area (Å²) >= 11 is 0. The number of carboxylic acid groups (broad SMARTS) is 1. The molecule has 0 aliphatic heterocycles. The first kappa shape index (κ1) is 13.3. The lowest BCUT2D eigenvalue weighted by Crippen LogP contribution is -2.45. The second-order valence-corrected chi connectivity index (χ2v) is 3.84. The molecule has 1 aromatic rings. The number of rotatable bonds is 5. The van der Waals surface area contributed by atoms with Crippen molar-refractivity contribution in [1.29, 1.82) is 0 Å². The van der Waals surface area contributed by atoms with Gasteiger partial charge in [0.1, 0.15) is 11.9 Å². The fraction of sp³-hybridized carbons (Fsp3) is 0.545. The number of halogens is 1. The topological polar surface area (TPSA) is 75.1 Å². The van der Waals surface area contributed by atoms with Gasteiger partial charge in [-0.25, -0.2) is 19.2 Å². The van der Waals surface area contributed by atoms with Crippen LogP contribution in [0.2, 0.25) is 0 Å². The van der Waals surface area contributed by atoms with Gasteiger partial charge in [-0.3, -0.25) is 0 Å². The van der Waals surface area contributed by atoms with E-state index >= 15 is 0 Å². The van der Waals surface area contributed by atoms with Crippen molar-refractivity contribution in [3.8, 4) is 0 Å². The maximum absolute atomic E-state index is 13.7. The highest BCUT2D eigenvalue weighted by Crippen LogP contribution is 2.23. The van der Waals surface area contributed by atoms with Crippen molar-refractivity contribution in [2.24, 2.45) is 0 Å². The molecule has 1 aromatic heterocycles. The molecule has 2 N–H and O–H groups in total. The number of nitrogens with one attached hydrogen (secondary N) is 1. The minimum atomic E-state index is -1.19. The average molecular weight is 241 g/mol. The molecule has 0 fully saturated rings. The van der Waals surface area contributed by atoms with Crippen LogP contribution in [0.15, 0.2) is 6.33 Å². The van der Waals surface area contributed by atoms with E-state index in [2.05, 4.69) is 15.3 Å². The third-order valence-electron chi connectivity index (χ3n) is 2.94. The van der Waals surface area contributed by atoms with Crippen LogP contribution in [0.1, 0.15) is 32.4 Å². The zero-order valence-electron chi connectivity index (χ0n) is 10.1. The van der Waals surface area contributed by atoms with E-state index in [1.54, 1.807) is 13.8 Å². The van der Waals surface area contributed by atoms with Gasteiger partial charge in [0.15, 0.2) is 11.6 Å². The molecule has 1 rings (SSSR count). The Morgan fingerprint density at radius 1 is 1.47 bits per heavy atom. The Balaban J connectivity index is 3.10. The SMILES string of the molecule is CCC(CC)(Nc1ncnc(C)c1F)C(=O)O. The van der Waals surface area contributed by atoms with Crippen molar-refractivity contribution in [3.05, 3.63) is 17.8 Å². The minimum Gasteiger partial charge on any atom is -0.480 e. The molecule has 0 unspecified atom stereocenters. The number of aliphatic carboxylic acids is 1. The lowest BCUT2D eigenvalue weighted by molar-refractivity contribution is -0.142. The van der Waals surface area contributed by atoms with E-state index in [0.29, 0.717) is 12.8 Å². The zero-order chi connectivity index (χ0) is 13.1. The standard InChI is InChI=1S/C11H16FN3O2/c1-4-11(5-2,10(16)17)15-9-8(12)7(3)13-6-14-9/h6H,4-5H2,1-3H3,(H,16,17)(H,13,14,15). The summed E-state index contributed by atoms with van der Waals surface area (Å²) in [5.74, 6) is -1.69. The van der Waals surface area contributed by atoms with Crippen molar-refractivity contribution in [3.63, 3.8) is 0 Å². The summed E-state index contributed by atoms with van der Waals surface area (Å²) in [5, 5.41) is 11.9. The fourth-order valence-corrected chi connectivity index (χ4v) is 1.55. The van der Waals surface area contributed by atoms with E-state index in [9.17, 15) is 14.3 Å². The molecular formula is C11H16FN3O2. The van der Waals surface area contributed by atoms with E-state index in [4.69, 9.17) is 0 Å². The number of aryl methyl sites for hydroxylation is 1. The molecule has 0 aliphatic carbocycles. The number of hydrogen-bond donors (Lipinski definition) is 2. The van der Waals surface area contributed by atoms with E-state index in [1.807, 2.05) is 0 Å². The summed E-state index contributed by atoms with van der Waals surface area (Å²) in [6.07, 6.45) is 1.88. The summed E-state index contributed by atoms with van der Waals surface area (Å²) in [4.78, 5) is 18.7. The van der Waals surface area contributed by atoms with Gasteiger partial charge in [0, 0.05) is 0 Å². The molecule has 0 bridgehead atoms. The maximum Gasteiger partial charge on any atom is 0.329 e. The lowest BCUT2D eigenvalue weighted by Gasteiger charge is -2.28. The van der Waals surface area contributed by atoms with E-state index < -0.39 is 17.3 Å². The highest BCUT2D eigenvalue weighted by molar-refractivity contribution is 5.82. The van der Waals surface area contributed by atoms with Gasteiger partial charge >= 0.3 is 5.97 Å². The molecule has 1 heterocycles. The molecule has 0 aliphatic rings. The molecule has 6 heteroatoms. The van der Waals surface area contributed by atoms with Crippen LogP contribution in [-0.4, -0.2) is 26.6 Å². The Bertz CT molecular complexity index is 419. The van der Waals surface area contributed by atoms with Crippen LogP contribution in [0.3, 0.4) is 0 Å². The van der Waals surface area contributed by atoms with Crippen LogP contribution >= 0.6 is 0 Å². The molecule has 0 radical (unpaired) electrons. The Morgan fingerprint density at radius 2 is 2.06 bits per heavy atom. The Labute approximate surface area is 99.1 Å². The number of hydrogen-bond acceptors (Lipinski definition) is 4. The van der Waals surface area contributed by atoms with Crippen molar-refractivity contribution in [2.75, 3.05) is 5.32 Å². The van der Waals surface area contributed by atoms with Gasteiger partial charge in [-0.2, -0.15) is 0 Å². The zero-order valence-corrected chi connectivity index (χ0v) is 10.1. The molecule has 0 saturated heterocycles. The highest BCUT2D eigenvalue weighted by Gasteiger charge is 2.35. The van der Waals surface area contributed by atoms with Crippen LogP contribution in [0.4, 0.5) is 10.2 Å². The van der Waals surface area contributed by atoms with Gasteiger partial charge in [0.05, 0.1) is 5.69 Å². The van der Waals surface area contributed by atoms with Crippen molar-refractivity contribution in [2.45, 2.75) is 39.2 Å². The summed E-state index contributed by atoms with van der Waals surface area (Å²) in [6, 6.07) is 0. The Hall–Kier alpha value is -1.72. The average Bonchev–Trinajstić information content (AvgIpc) is 2.31. The second-order valence-electron chi connectivity index (χ2n) is 3.84. The van der Waals surface area contributed by atoms with Gasteiger partial charge in [0.2, 0.25) is 0 Å². The number of anilines is 1. The predicted octanol–water partition coefficient (Wildman–Crippen LogP) is 1.98. The quantitative estimate of drug-likeness (QED) is 0.824.